The molecule has 3 amide bonds. The summed E-state index contributed by atoms with van der Waals surface area (Å²) in [6.45, 7) is 0.345. The minimum atomic E-state index is -3.73. The summed E-state index contributed by atoms with van der Waals surface area (Å²) in [5, 5.41) is 10.9. The molecular weight excluding hydrogens is 404 g/mol. The number of halogens is 1. The summed E-state index contributed by atoms with van der Waals surface area (Å²) in [5.41, 5.74) is 6.75. The first-order valence-corrected chi connectivity index (χ1v) is 10.3. The molecule has 0 fully saturated rings. The van der Waals surface area contributed by atoms with Gasteiger partial charge in [0.1, 0.15) is 0 Å². The Morgan fingerprint density at radius 1 is 1.04 bits per heavy atom. The Bertz CT molecular complexity index is 931. The smallest absolute Gasteiger partial charge is 0.312 e. The van der Waals surface area contributed by atoms with E-state index in [1.54, 1.807) is 36.4 Å². The van der Waals surface area contributed by atoms with Gasteiger partial charge in [-0.2, -0.15) is 0 Å². The van der Waals surface area contributed by atoms with E-state index in [-0.39, 0.29) is 17.2 Å². The van der Waals surface area contributed by atoms with Crippen molar-refractivity contribution < 1.29 is 18.0 Å². The molecule has 2 rings (SSSR count). The fourth-order valence-corrected chi connectivity index (χ4v) is 3.21. The van der Waals surface area contributed by atoms with Crippen LogP contribution in [0.4, 0.5) is 4.79 Å². The van der Waals surface area contributed by atoms with Gasteiger partial charge < -0.3 is 16.4 Å². The fourth-order valence-electron chi connectivity index (χ4n) is 2.57. The van der Waals surface area contributed by atoms with Crippen LogP contribution in [0, 0.1) is 0 Å². The number of primary sulfonamides is 1. The van der Waals surface area contributed by atoms with Crippen molar-refractivity contribution in [2.75, 3.05) is 6.54 Å². The number of nitrogens with two attached hydrogens (primary N) is 2. The van der Waals surface area contributed by atoms with Crippen molar-refractivity contribution in [1.82, 2.24) is 10.6 Å². The van der Waals surface area contributed by atoms with E-state index < -0.39 is 22.1 Å². The van der Waals surface area contributed by atoms with Crippen LogP contribution in [0.5, 0.6) is 0 Å². The second kappa shape index (κ2) is 9.54. The Hall–Kier alpha value is -2.62. The van der Waals surface area contributed by atoms with E-state index in [1.165, 1.54) is 12.1 Å². The minimum Gasteiger partial charge on any atom is -0.356 e. The van der Waals surface area contributed by atoms with Gasteiger partial charge in [-0.05, 0) is 41.8 Å². The van der Waals surface area contributed by atoms with Crippen LogP contribution in [0.3, 0.4) is 0 Å². The van der Waals surface area contributed by atoms with Crippen LogP contribution in [-0.2, 0) is 21.2 Å². The topological polar surface area (TPSA) is 144 Å². The van der Waals surface area contributed by atoms with Crippen LogP contribution in [0.2, 0.25) is 5.02 Å². The van der Waals surface area contributed by atoms with Gasteiger partial charge in [-0.1, -0.05) is 35.9 Å². The average Bonchev–Trinajstić information content (AvgIpc) is 2.61. The third-order valence-corrected chi connectivity index (χ3v) is 5.15. The molecular formula is C18H21ClN4O4S. The second-order valence-corrected chi connectivity index (χ2v) is 8.10. The molecule has 0 unspecified atom stereocenters. The zero-order valence-corrected chi connectivity index (χ0v) is 16.5. The first kappa shape index (κ1) is 21.7. The Labute approximate surface area is 168 Å². The van der Waals surface area contributed by atoms with Crippen molar-refractivity contribution in [2.45, 2.75) is 23.8 Å². The van der Waals surface area contributed by atoms with E-state index in [0.29, 0.717) is 23.6 Å². The van der Waals surface area contributed by atoms with E-state index in [4.69, 9.17) is 22.5 Å². The number of carbonyl (C=O) groups is 2. The largest absolute Gasteiger partial charge is 0.356 e. The number of urea groups is 1. The number of hydrogen-bond donors (Lipinski definition) is 4. The predicted octanol–water partition coefficient (Wildman–Crippen LogP) is 1.45. The normalized spacial score (nSPS) is 12.2. The van der Waals surface area contributed by atoms with E-state index in [9.17, 15) is 18.0 Å². The summed E-state index contributed by atoms with van der Waals surface area (Å²) in [5.74, 6) is -0.269. The number of primary amides is 1. The van der Waals surface area contributed by atoms with Crippen LogP contribution >= 0.6 is 11.6 Å². The van der Waals surface area contributed by atoms with Crippen molar-refractivity contribution in [1.29, 1.82) is 0 Å². The molecule has 28 heavy (non-hydrogen) atoms. The zero-order chi connectivity index (χ0) is 20.7. The minimum absolute atomic E-state index is 0.00886. The van der Waals surface area contributed by atoms with Crippen LogP contribution in [0.15, 0.2) is 53.4 Å². The highest BCUT2D eigenvalue weighted by molar-refractivity contribution is 7.89. The van der Waals surface area contributed by atoms with Crippen molar-refractivity contribution in [3.8, 4) is 0 Å². The highest BCUT2D eigenvalue weighted by Gasteiger charge is 2.17. The lowest BCUT2D eigenvalue weighted by molar-refractivity contribution is -0.121. The van der Waals surface area contributed by atoms with Gasteiger partial charge in [-0.15, -0.1) is 0 Å². The standard InChI is InChI=1S/C18H21ClN4O4S/c19-14-5-3-13(4-6-14)16(23-18(20)25)11-17(24)22-10-9-12-1-7-15(8-2-12)28(21,26)27/h1-8,16H,9-11H2,(H,22,24)(H3,20,23,25)(H2,21,26,27)/t16-/m0/s1. The molecule has 0 radical (unpaired) electrons. The Morgan fingerprint density at radius 2 is 1.64 bits per heavy atom. The van der Waals surface area contributed by atoms with Crippen LogP contribution in [0.1, 0.15) is 23.6 Å². The van der Waals surface area contributed by atoms with Crippen molar-refractivity contribution >= 4 is 33.6 Å². The molecule has 0 aliphatic carbocycles. The highest BCUT2D eigenvalue weighted by atomic mass is 35.5. The molecule has 0 heterocycles. The van der Waals surface area contributed by atoms with E-state index in [2.05, 4.69) is 10.6 Å². The molecule has 0 aromatic heterocycles. The van der Waals surface area contributed by atoms with Crippen LogP contribution in [0.25, 0.3) is 0 Å². The lowest BCUT2D eigenvalue weighted by atomic mass is 10.0. The molecule has 0 saturated carbocycles. The first-order chi connectivity index (χ1) is 13.1. The maximum atomic E-state index is 12.2. The van der Waals surface area contributed by atoms with E-state index >= 15 is 0 Å². The number of carbonyl (C=O) groups excluding carboxylic acids is 2. The van der Waals surface area contributed by atoms with Crippen molar-refractivity contribution in [3.05, 3.63) is 64.7 Å². The SMILES string of the molecule is NC(=O)N[C@@H](CC(=O)NCCc1ccc(S(N)(=O)=O)cc1)c1ccc(Cl)cc1. The number of sulfonamides is 1. The lowest BCUT2D eigenvalue weighted by Crippen LogP contribution is -2.37. The number of nitrogens with one attached hydrogen (secondary N) is 2. The Balaban J connectivity index is 1.90. The molecule has 2 aromatic carbocycles. The van der Waals surface area contributed by atoms with Crippen molar-refractivity contribution in [3.63, 3.8) is 0 Å². The molecule has 0 spiro atoms. The monoisotopic (exact) mass is 424 g/mol. The van der Waals surface area contributed by atoms with Gasteiger partial charge in [-0.3, -0.25) is 4.79 Å². The van der Waals surface area contributed by atoms with Crippen molar-refractivity contribution in [2.24, 2.45) is 10.9 Å². The molecule has 6 N–H and O–H groups in total. The summed E-state index contributed by atoms with van der Waals surface area (Å²) in [4.78, 5) is 23.5. The van der Waals surface area contributed by atoms with Gasteiger partial charge in [-0.25, -0.2) is 18.4 Å². The first-order valence-electron chi connectivity index (χ1n) is 8.35. The maximum absolute atomic E-state index is 12.2. The summed E-state index contributed by atoms with van der Waals surface area (Å²) < 4.78 is 22.5. The Kier molecular flexibility index (Phi) is 7.38. The zero-order valence-electron chi connectivity index (χ0n) is 14.9. The molecule has 10 heteroatoms. The number of rotatable bonds is 8. The molecule has 1 atom stereocenters. The maximum Gasteiger partial charge on any atom is 0.312 e. The summed E-state index contributed by atoms with van der Waals surface area (Å²) in [7, 11) is -3.73. The molecule has 0 aliphatic heterocycles. The van der Waals surface area contributed by atoms with Gasteiger partial charge in [0.25, 0.3) is 0 Å². The summed E-state index contributed by atoms with van der Waals surface area (Å²) in [6, 6.07) is 11.5. The summed E-state index contributed by atoms with van der Waals surface area (Å²) >= 11 is 5.86. The van der Waals surface area contributed by atoms with Crippen LogP contribution in [-0.4, -0.2) is 26.9 Å². The average molecular weight is 425 g/mol. The van der Waals surface area contributed by atoms with Crippen LogP contribution < -0.4 is 21.5 Å². The van der Waals surface area contributed by atoms with Gasteiger partial charge >= 0.3 is 6.03 Å². The highest BCUT2D eigenvalue weighted by Crippen LogP contribution is 2.19. The predicted molar refractivity (Wildman–Crippen MR) is 106 cm³/mol. The van der Waals surface area contributed by atoms with Gasteiger partial charge in [0.05, 0.1) is 17.4 Å². The summed E-state index contributed by atoms with van der Waals surface area (Å²) in [6.07, 6.45) is 0.514. The third kappa shape index (κ3) is 6.84. The molecule has 0 bridgehead atoms. The Morgan fingerprint density at radius 3 is 2.18 bits per heavy atom. The molecule has 0 aliphatic rings. The lowest BCUT2D eigenvalue weighted by Gasteiger charge is -2.18. The fraction of sp³-hybridized carbons (Fsp3) is 0.222. The third-order valence-electron chi connectivity index (χ3n) is 3.97. The number of hydrogen-bond acceptors (Lipinski definition) is 4. The van der Waals surface area contributed by atoms with E-state index in [0.717, 1.165) is 5.56 Å². The van der Waals surface area contributed by atoms with Gasteiger partial charge in [0.15, 0.2) is 0 Å². The van der Waals surface area contributed by atoms with Gasteiger partial charge in [0.2, 0.25) is 15.9 Å². The van der Waals surface area contributed by atoms with Gasteiger partial charge in [0, 0.05) is 11.6 Å². The quantitative estimate of drug-likeness (QED) is 0.508. The molecule has 150 valence electrons. The molecule has 2 aromatic rings. The number of amides is 3. The molecule has 8 nitrogen and oxygen atoms in total. The second-order valence-electron chi connectivity index (χ2n) is 6.11. The van der Waals surface area contributed by atoms with E-state index in [1.807, 2.05) is 0 Å². The number of benzene rings is 2. The molecule has 0 saturated heterocycles.